The first-order valence-electron chi connectivity index (χ1n) is 7.86. The molecular formula is C16H32. The lowest BCUT2D eigenvalue weighted by atomic mass is 9.78. The largest absolute Gasteiger partial charge is 0.0654 e. The Hall–Kier alpha value is 0. The fraction of sp³-hybridized carbons (Fsp3) is 1.00. The maximum absolute atomic E-state index is 2.32. The van der Waals surface area contributed by atoms with Crippen molar-refractivity contribution in [3.05, 3.63) is 0 Å². The average Bonchev–Trinajstić information content (AvgIpc) is 2.33. The molecule has 0 aromatic rings. The Bertz CT molecular complexity index is 142. The molecule has 1 fully saturated rings. The molecule has 16 heavy (non-hydrogen) atoms. The van der Waals surface area contributed by atoms with Crippen LogP contribution < -0.4 is 0 Å². The molecule has 0 amide bonds. The highest BCUT2D eigenvalue weighted by Crippen LogP contribution is 2.34. The minimum absolute atomic E-state index is 1.09. The summed E-state index contributed by atoms with van der Waals surface area (Å²) in [5, 5.41) is 0. The molecule has 0 atom stereocenters. The monoisotopic (exact) mass is 224 g/mol. The Morgan fingerprint density at radius 3 is 1.62 bits per heavy atom. The van der Waals surface area contributed by atoms with Gasteiger partial charge in [0.1, 0.15) is 0 Å². The molecule has 0 heteroatoms. The highest BCUT2D eigenvalue weighted by molar-refractivity contribution is 4.72. The lowest BCUT2D eigenvalue weighted by Gasteiger charge is -2.28. The maximum atomic E-state index is 2.32. The number of hydrogen-bond donors (Lipinski definition) is 0. The van der Waals surface area contributed by atoms with E-state index in [2.05, 4.69) is 13.8 Å². The summed E-state index contributed by atoms with van der Waals surface area (Å²) in [6.07, 6.45) is 17.9. The molecule has 1 aliphatic rings. The molecule has 1 rings (SSSR count). The summed E-state index contributed by atoms with van der Waals surface area (Å²) in [5.41, 5.74) is 0. The predicted molar refractivity (Wildman–Crippen MR) is 73.7 cm³/mol. The van der Waals surface area contributed by atoms with Gasteiger partial charge in [-0.15, -0.1) is 0 Å². The topological polar surface area (TPSA) is 0 Å². The Morgan fingerprint density at radius 2 is 1.12 bits per heavy atom. The average molecular weight is 224 g/mol. The molecule has 0 heterocycles. The van der Waals surface area contributed by atoms with Crippen LogP contribution >= 0.6 is 0 Å². The van der Waals surface area contributed by atoms with E-state index in [1.807, 2.05) is 0 Å². The Kier molecular flexibility index (Phi) is 7.98. The van der Waals surface area contributed by atoms with E-state index < -0.39 is 0 Å². The van der Waals surface area contributed by atoms with Gasteiger partial charge in [-0.25, -0.2) is 0 Å². The highest BCUT2D eigenvalue weighted by Gasteiger charge is 2.19. The summed E-state index contributed by atoms with van der Waals surface area (Å²) < 4.78 is 0. The summed E-state index contributed by atoms with van der Waals surface area (Å²) in [7, 11) is 0. The first-order valence-corrected chi connectivity index (χ1v) is 7.86. The van der Waals surface area contributed by atoms with Gasteiger partial charge in [-0.2, -0.15) is 0 Å². The van der Waals surface area contributed by atoms with Crippen LogP contribution in [-0.2, 0) is 0 Å². The van der Waals surface area contributed by atoms with E-state index in [0.717, 1.165) is 11.8 Å². The van der Waals surface area contributed by atoms with Crippen molar-refractivity contribution in [1.82, 2.24) is 0 Å². The van der Waals surface area contributed by atoms with Crippen LogP contribution in [0, 0.1) is 11.8 Å². The molecule has 1 aliphatic carbocycles. The zero-order valence-corrected chi connectivity index (χ0v) is 11.6. The number of hydrogen-bond acceptors (Lipinski definition) is 0. The van der Waals surface area contributed by atoms with Crippen molar-refractivity contribution in [2.45, 2.75) is 90.9 Å². The molecule has 0 aromatic carbocycles. The summed E-state index contributed by atoms with van der Waals surface area (Å²) in [6.45, 7) is 4.62. The van der Waals surface area contributed by atoms with E-state index >= 15 is 0 Å². The number of rotatable bonds is 8. The molecular weight excluding hydrogens is 192 g/mol. The minimum atomic E-state index is 1.09. The Morgan fingerprint density at radius 1 is 0.625 bits per heavy atom. The third-order valence-electron chi connectivity index (χ3n) is 4.40. The molecule has 0 N–H and O–H groups in total. The third kappa shape index (κ3) is 5.92. The molecule has 0 aliphatic heterocycles. The first-order chi connectivity index (χ1) is 7.86. The van der Waals surface area contributed by atoms with Gasteiger partial charge < -0.3 is 0 Å². The van der Waals surface area contributed by atoms with Crippen LogP contribution in [0.5, 0.6) is 0 Å². The molecule has 96 valence electrons. The number of unbranched alkanes of at least 4 members (excludes halogenated alkanes) is 4. The van der Waals surface area contributed by atoms with Crippen LogP contribution in [0.2, 0.25) is 0 Å². The third-order valence-corrected chi connectivity index (χ3v) is 4.40. The minimum Gasteiger partial charge on any atom is -0.0654 e. The molecule has 0 unspecified atom stereocenters. The zero-order chi connectivity index (χ0) is 11.6. The van der Waals surface area contributed by atoms with Crippen molar-refractivity contribution < 1.29 is 0 Å². The van der Waals surface area contributed by atoms with Crippen LogP contribution in [0.3, 0.4) is 0 Å². The summed E-state index contributed by atoms with van der Waals surface area (Å²) in [6, 6.07) is 0. The standard InChI is InChI=1S/C16H32/c1-3-5-7-8-10-16-13-11-15(12-14-16)9-6-4-2/h15-16H,3-14H2,1-2H3. The van der Waals surface area contributed by atoms with Gasteiger partial charge in [0.15, 0.2) is 0 Å². The normalized spacial score (nSPS) is 25.9. The molecule has 0 bridgehead atoms. The van der Waals surface area contributed by atoms with E-state index in [1.165, 1.54) is 51.4 Å². The van der Waals surface area contributed by atoms with Crippen LogP contribution in [-0.4, -0.2) is 0 Å². The van der Waals surface area contributed by atoms with E-state index in [0.29, 0.717) is 0 Å². The van der Waals surface area contributed by atoms with Crippen LogP contribution in [0.1, 0.15) is 90.9 Å². The molecule has 1 saturated carbocycles. The van der Waals surface area contributed by atoms with E-state index in [4.69, 9.17) is 0 Å². The van der Waals surface area contributed by atoms with Gasteiger partial charge in [-0.05, 0) is 11.8 Å². The van der Waals surface area contributed by atoms with Crippen molar-refractivity contribution in [3.8, 4) is 0 Å². The Balaban J connectivity index is 1.98. The summed E-state index contributed by atoms with van der Waals surface area (Å²) in [5.74, 6) is 2.18. The Labute approximate surface area is 103 Å². The van der Waals surface area contributed by atoms with Crippen LogP contribution in [0.4, 0.5) is 0 Å². The van der Waals surface area contributed by atoms with E-state index in [9.17, 15) is 0 Å². The highest BCUT2D eigenvalue weighted by atomic mass is 14.3. The van der Waals surface area contributed by atoms with E-state index in [-0.39, 0.29) is 0 Å². The van der Waals surface area contributed by atoms with Crippen molar-refractivity contribution in [3.63, 3.8) is 0 Å². The molecule has 0 spiro atoms. The van der Waals surface area contributed by atoms with Gasteiger partial charge in [0.25, 0.3) is 0 Å². The van der Waals surface area contributed by atoms with Gasteiger partial charge in [0, 0.05) is 0 Å². The van der Waals surface area contributed by atoms with Crippen LogP contribution in [0.25, 0.3) is 0 Å². The lowest BCUT2D eigenvalue weighted by molar-refractivity contribution is 0.245. The zero-order valence-electron chi connectivity index (χ0n) is 11.6. The van der Waals surface area contributed by atoms with Crippen LogP contribution in [0.15, 0.2) is 0 Å². The quantitative estimate of drug-likeness (QED) is 0.447. The second kappa shape index (κ2) is 9.07. The molecule has 0 nitrogen and oxygen atoms in total. The van der Waals surface area contributed by atoms with Crippen molar-refractivity contribution in [2.24, 2.45) is 11.8 Å². The second-order valence-electron chi connectivity index (χ2n) is 5.88. The smallest absolute Gasteiger partial charge is 0.0414 e. The first kappa shape index (κ1) is 14.1. The van der Waals surface area contributed by atoms with Crippen molar-refractivity contribution in [1.29, 1.82) is 0 Å². The van der Waals surface area contributed by atoms with Gasteiger partial charge in [-0.3, -0.25) is 0 Å². The summed E-state index contributed by atoms with van der Waals surface area (Å²) >= 11 is 0. The van der Waals surface area contributed by atoms with Gasteiger partial charge >= 0.3 is 0 Å². The predicted octanol–water partition coefficient (Wildman–Crippen LogP) is 5.95. The molecule has 0 radical (unpaired) electrons. The van der Waals surface area contributed by atoms with Gasteiger partial charge in [0.2, 0.25) is 0 Å². The van der Waals surface area contributed by atoms with E-state index in [1.54, 1.807) is 25.7 Å². The summed E-state index contributed by atoms with van der Waals surface area (Å²) in [4.78, 5) is 0. The second-order valence-corrected chi connectivity index (χ2v) is 5.88. The van der Waals surface area contributed by atoms with Crippen molar-refractivity contribution >= 4 is 0 Å². The van der Waals surface area contributed by atoms with Crippen molar-refractivity contribution in [2.75, 3.05) is 0 Å². The fourth-order valence-electron chi connectivity index (χ4n) is 3.16. The molecule has 0 aromatic heterocycles. The van der Waals surface area contributed by atoms with Gasteiger partial charge in [0.05, 0.1) is 0 Å². The fourth-order valence-corrected chi connectivity index (χ4v) is 3.16. The lowest BCUT2D eigenvalue weighted by Crippen LogP contribution is -2.14. The SMILES string of the molecule is CCCCCCC1CCC(CCCC)CC1. The van der Waals surface area contributed by atoms with Gasteiger partial charge in [-0.1, -0.05) is 90.9 Å². The maximum Gasteiger partial charge on any atom is -0.0414 e. The molecule has 0 saturated heterocycles.